The van der Waals surface area contributed by atoms with Gasteiger partial charge in [0.1, 0.15) is 5.82 Å². The standard InChI is InChI=1S/C11H13BrFN/c12-10-5-4-8(13)7-9(10)11-3-1-2-6-14-11/h4-5,7,11,14H,1-3,6H2. The Kier molecular flexibility index (Phi) is 3.19. The first kappa shape index (κ1) is 10.1. The zero-order valence-electron chi connectivity index (χ0n) is 7.89. The Balaban J connectivity index is 2.24. The lowest BCUT2D eigenvalue weighted by atomic mass is 9.97. The molecule has 0 spiro atoms. The summed E-state index contributed by atoms with van der Waals surface area (Å²) in [6.45, 7) is 1.04. The van der Waals surface area contributed by atoms with Gasteiger partial charge in [-0.1, -0.05) is 22.4 Å². The number of hydrogen-bond donors (Lipinski definition) is 1. The van der Waals surface area contributed by atoms with Crippen molar-refractivity contribution in [3.8, 4) is 0 Å². The smallest absolute Gasteiger partial charge is 0.123 e. The second-order valence-corrected chi connectivity index (χ2v) is 4.52. The highest BCUT2D eigenvalue weighted by molar-refractivity contribution is 9.10. The highest BCUT2D eigenvalue weighted by atomic mass is 79.9. The van der Waals surface area contributed by atoms with Gasteiger partial charge in [-0.3, -0.25) is 0 Å². The van der Waals surface area contributed by atoms with Crippen LogP contribution in [0.2, 0.25) is 0 Å². The van der Waals surface area contributed by atoms with E-state index in [0.717, 1.165) is 23.0 Å². The first-order chi connectivity index (χ1) is 6.77. The number of hydrogen-bond acceptors (Lipinski definition) is 1. The number of benzene rings is 1. The molecule has 1 aromatic rings. The molecule has 0 aliphatic carbocycles. The zero-order chi connectivity index (χ0) is 9.97. The maximum absolute atomic E-state index is 13.1. The minimum atomic E-state index is -0.157. The van der Waals surface area contributed by atoms with E-state index in [4.69, 9.17) is 0 Å². The van der Waals surface area contributed by atoms with Gasteiger partial charge in [0.2, 0.25) is 0 Å². The summed E-state index contributed by atoms with van der Waals surface area (Å²) in [5.41, 5.74) is 1.05. The predicted molar refractivity (Wildman–Crippen MR) is 58.7 cm³/mol. The summed E-state index contributed by atoms with van der Waals surface area (Å²) in [5.74, 6) is -0.157. The Morgan fingerprint density at radius 2 is 2.21 bits per heavy atom. The molecule has 0 bridgehead atoms. The highest BCUT2D eigenvalue weighted by Crippen LogP contribution is 2.29. The van der Waals surface area contributed by atoms with E-state index in [2.05, 4.69) is 21.2 Å². The molecule has 1 heterocycles. The van der Waals surface area contributed by atoms with Gasteiger partial charge in [-0.15, -0.1) is 0 Å². The van der Waals surface area contributed by atoms with Crippen LogP contribution in [-0.2, 0) is 0 Å². The second kappa shape index (κ2) is 4.41. The molecule has 1 fully saturated rings. The van der Waals surface area contributed by atoms with Gasteiger partial charge in [-0.25, -0.2) is 4.39 Å². The van der Waals surface area contributed by atoms with Crippen LogP contribution < -0.4 is 5.32 Å². The third kappa shape index (κ3) is 2.15. The minimum absolute atomic E-state index is 0.157. The van der Waals surface area contributed by atoms with E-state index in [1.165, 1.54) is 18.9 Å². The molecule has 0 radical (unpaired) electrons. The molecule has 1 saturated heterocycles. The van der Waals surface area contributed by atoms with Gasteiger partial charge in [0.05, 0.1) is 0 Å². The molecule has 0 amide bonds. The maximum Gasteiger partial charge on any atom is 0.123 e. The van der Waals surface area contributed by atoms with Gasteiger partial charge >= 0.3 is 0 Å². The van der Waals surface area contributed by atoms with Crippen molar-refractivity contribution < 1.29 is 4.39 Å². The van der Waals surface area contributed by atoms with Gasteiger partial charge < -0.3 is 5.32 Å². The molecule has 1 atom stereocenters. The van der Waals surface area contributed by atoms with Crippen molar-refractivity contribution in [1.82, 2.24) is 5.32 Å². The van der Waals surface area contributed by atoms with Crippen LogP contribution in [0.4, 0.5) is 4.39 Å². The molecule has 0 aromatic heterocycles. The Bertz CT molecular complexity index is 321. The monoisotopic (exact) mass is 257 g/mol. The molecule has 3 heteroatoms. The average Bonchev–Trinajstić information content (AvgIpc) is 2.23. The van der Waals surface area contributed by atoms with Crippen LogP contribution in [0.15, 0.2) is 22.7 Å². The Morgan fingerprint density at radius 1 is 1.36 bits per heavy atom. The molecule has 1 aliphatic heterocycles. The van der Waals surface area contributed by atoms with Gasteiger partial charge in [-0.2, -0.15) is 0 Å². The number of piperidine rings is 1. The number of halogens is 2. The maximum atomic E-state index is 13.1. The van der Waals surface area contributed by atoms with E-state index in [-0.39, 0.29) is 5.82 Å². The first-order valence-electron chi connectivity index (χ1n) is 4.96. The molecule has 1 aromatic carbocycles. The van der Waals surface area contributed by atoms with Gasteiger partial charge in [0, 0.05) is 10.5 Å². The lowest BCUT2D eigenvalue weighted by Gasteiger charge is -2.24. The molecule has 14 heavy (non-hydrogen) atoms. The first-order valence-corrected chi connectivity index (χ1v) is 5.75. The predicted octanol–water partition coefficient (Wildman–Crippen LogP) is 3.40. The van der Waals surface area contributed by atoms with Crippen molar-refractivity contribution in [2.75, 3.05) is 6.54 Å². The lowest BCUT2D eigenvalue weighted by Crippen LogP contribution is -2.27. The number of rotatable bonds is 1. The van der Waals surface area contributed by atoms with E-state index in [9.17, 15) is 4.39 Å². The summed E-state index contributed by atoms with van der Waals surface area (Å²) in [6.07, 6.45) is 3.55. The van der Waals surface area contributed by atoms with Crippen molar-refractivity contribution in [3.05, 3.63) is 34.1 Å². The average molecular weight is 258 g/mol. The van der Waals surface area contributed by atoms with Crippen LogP contribution in [0.5, 0.6) is 0 Å². The Labute approximate surface area is 91.8 Å². The molecule has 1 unspecified atom stereocenters. The molecule has 1 aliphatic rings. The molecular formula is C11H13BrFN. The number of nitrogens with one attached hydrogen (secondary N) is 1. The summed E-state index contributed by atoms with van der Waals surface area (Å²) in [6, 6.07) is 5.19. The Hall–Kier alpha value is -0.410. The highest BCUT2D eigenvalue weighted by Gasteiger charge is 2.17. The topological polar surface area (TPSA) is 12.0 Å². The van der Waals surface area contributed by atoms with Crippen molar-refractivity contribution in [1.29, 1.82) is 0 Å². The third-order valence-corrected chi connectivity index (χ3v) is 3.37. The van der Waals surface area contributed by atoms with Crippen molar-refractivity contribution in [2.45, 2.75) is 25.3 Å². The van der Waals surface area contributed by atoms with E-state index in [0.29, 0.717) is 6.04 Å². The SMILES string of the molecule is Fc1ccc(Br)c(C2CCCCN2)c1. The molecule has 1 N–H and O–H groups in total. The Morgan fingerprint density at radius 3 is 2.93 bits per heavy atom. The van der Waals surface area contributed by atoms with Crippen LogP contribution in [0, 0.1) is 5.82 Å². The van der Waals surface area contributed by atoms with Crippen LogP contribution in [-0.4, -0.2) is 6.54 Å². The molecule has 2 rings (SSSR count). The van der Waals surface area contributed by atoms with Crippen molar-refractivity contribution in [3.63, 3.8) is 0 Å². The van der Waals surface area contributed by atoms with Crippen molar-refractivity contribution >= 4 is 15.9 Å². The second-order valence-electron chi connectivity index (χ2n) is 3.67. The van der Waals surface area contributed by atoms with Crippen LogP contribution >= 0.6 is 15.9 Å². The largest absolute Gasteiger partial charge is 0.310 e. The van der Waals surface area contributed by atoms with E-state index < -0.39 is 0 Å². The molecule has 1 nitrogen and oxygen atoms in total. The summed E-state index contributed by atoms with van der Waals surface area (Å²) >= 11 is 3.46. The quantitative estimate of drug-likeness (QED) is 0.814. The molecular weight excluding hydrogens is 245 g/mol. The van der Waals surface area contributed by atoms with Crippen LogP contribution in [0.3, 0.4) is 0 Å². The lowest BCUT2D eigenvalue weighted by molar-refractivity contribution is 0.410. The van der Waals surface area contributed by atoms with E-state index >= 15 is 0 Å². The van der Waals surface area contributed by atoms with Crippen LogP contribution in [0.25, 0.3) is 0 Å². The van der Waals surface area contributed by atoms with Gasteiger partial charge in [0.25, 0.3) is 0 Å². The summed E-state index contributed by atoms with van der Waals surface area (Å²) in [5, 5.41) is 3.41. The fraction of sp³-hybridized carbons (Fsp3) is 0.455. The normalized spacial score (nSPS) is 22.3. The summed E-state index contributed by atoms with van der Waals surface area (Å²) < 4.78 is 14.1. The fourth-order valence-electron chi connectivity index (χ4n) is 1.90. The van der Waals surface area contributed by atoms with Gasteiger partial charge in [-0.05, 0) is 43.1 Å². The van der Waals surface area contributed by atoms with E-state index in [1.54, 1.807) is 12.1 Å². The third-order valence-electron chi connectivity index (χ3n) is 2.64. The minimum Gasteiger partial charge on any atom is -0.310 e. The van der Waals surface area contributed by atoms with Gasteiger partial charge in [0.15, 0.2) is 0 Å². The van der Waals surface area contributed by atoms with E-state index in [1.807, 2.05) is 0 Å². The summed E-state index contributed by atoms with van der Waals surface area (Å²) in [4.78, 5) is 0. The molecule has 76 valence electrons. The fourth-order valence-corrected chi connectivity index (χ4v) is 2.42. The molecule has 0 saturated carbocycles. The zero-order valence-corrected chi connectivity index (χ0v) is 9.48. The van der Waals surface area contributed by atoms with Crippen molar-refractivity contribution in [2.24, 2.45) is 0 Å². The van der Waals surface area contributed by atoms with Crippen LogP contribution in [0.1, 0.15) is 30.9 Å². The summed E-state index contributed by atoms with van der Waals surface area (Å²) in [7, 11) is 0.